The monoisotopic (exact) mass is 341 g/mol. The highest BCUT2D eigenvalue weighted by molar-refractivity contribution is 7.84. The molecule has 128 valence electrons. The van der Waals surface area contributed by atoms with Gasteiger partial charge in [0.1, 0.15) is 11.2 Å². The Labute approximate surface area is 128 Å². The summed E-state index contributed by atoms with van der Waals surface area (Å²) < 4.78 is 44.4. The Kier molecular flexibility index (Phi) is 5.90. The van der Waals surface area contributed by atoms with Crippen LogP contribution in [0, 0.1) is 5.41 Å². The molecule has 0 bridgehead atoms. The van der Waals surface area contributed by atoms with E-state index in [1.54, 1.807) is 0 Å². The van der Waals surface area contributed by atoms with Gasteiger partial charge in [-0.05, 0) is 41.5 Å². The van der Waals surface area contributed by atoms with E-state index in [1.165, 1.54) is 41.5 Å². The van der Waals surface area contributed by atoms with Crippen molar-refractivity contribution in [3.8, 4) is 0 Å². The summed E-state index contributed by atoms with van der Waals surface area (Å²) in [6.07, 6.45) is -2.77. The van der Waals surface area contributed by atoms with Crippen molar-refractivity contribution in [3.63, 3.8) is 0 Å². The Balaban J connectivity index is 5.45. The smallest absolute Gasteiger partial charge is 0.427 e. The molecule has 2 amide bonds. The highest BCUT2D eigenvalue weighted by Gasteiger charge is 2.35. The number of halogens is 1. The number of ether oxygens (including phenoxy) is 2. The summed E-state index contributed by atoms with van der Waals surface area (Å²) in [7, 11) is -5.35. The van der Waals surface area contributed by atoms with Gasteiger partial charge in [0.25, 0.3) is 0 Å². The molecule has 22 heavy (non-hydrogen) atoms. The highest BCUT2D eigenvalue weighted by Crippen LogP contribution is 2.14. The van der Waals surface area contributed by atoms with Crippen LogP contribution in [0.1, 0.15) is 41.5 Å². The number of hydrogen-bond acceptors (Lipinski definition) is 7. The molecule has 0 aromatic carbocycles. The number of guanidine groups is 1. The van der Waals surface area contributed by atoms with Gasteiger partial charge in [-0.15, -0.1) is 4.90 Å². The molecule has 0 aliphatic rings. The molecular weight excluding hydrogens is 321 g/mol. The molecular formula is C11H20FN3O6S. The van der Waals surface area contributed by atoms with Crippen LogP contribution in [0.2, 0.25) is 0 Å². The second-order valence-corrected chi connectivity index (χ2v) is 7.26. The van der Waals surface area contributed by atoms with Gasteiger partial charge in [-0.3, -0.25) is 5.41 Å². The number of carbonyl (C=O) groups excluding carboxylic acids is 2. The van der Waals surface area contributed by atoms with E-state index in [1.807, 2.05) is 0 Å². The third kappa shape index (κ3) is 8.39. The fourth-order valence-electron chi connectivity index (χ4n) is 1.03. The second-order valence-electron chi connectivity index (χ2n) is 6.18. The van der Waals surface area contributed by atoms with Crippen LogP contribution >= 0.6 is 0 Å². The first kappa shape index (κ1) is 20.1. The molecule has 0 unspecified atom stereocenters. The lowest BCUT2D eigenvalue weighted by Gasteiger charge is -2.28. The number of hydrogen-bond donors (Lipinski definition) is 2. The van der Waals surface area contributed by atoms with Crippen molar-refractivity contribution in [2.75, 3.05) is 0 Å². The standard InChI is InChI=1S/C11H20FN3O6S/c1-10(2,3)20-8(16)15(7(13)14-22(12,18)19)9(17)21-11(4,5)6/h1-6H3,(H2,13,14). The lowest BCUT2D eigenvalue weighted by molar-refractivity contribution is 0.0143. The van der Waals surface area contributed by atoms with E-state index in [0.717, 1.165) is 4.72 Å². The maximum absolute atomic E-state index is 12.6. The van der Waals surface area contributed by atoms with Crippen molar-refractivity contribution >= 4 is 28.6 Å². The highest BCUT2D eigenvalue weighted by atomic mass is 32.3. The van der Waals surface area contributed by atoms with E-state index in [9.17, 15) is 21.9 Å². The molecule has 0 aliphatic carbocycles. The van der Waals surface area contributed by atoms with Crippen molar-refractivity contribution in [1.82, 2.24) is 9.62 Å². The topological polar surface area (TPSA) is 126 Å². The third-order valence-electron chi connectivity index (χ3n) is 1.59. The number of amides is 2. The van der Waals surface area contributed by atoms with Crippen LogP contribution in [0.5, 0.6) is 0 Å². The Bertz CT molecular complexity index is 533. The number of imide groups is 1. The maximum Gasteiger partial charge on any atom is 0.427 e. The summed E-state index contributed by atoms with van der Waals surface area (Å²) in [5.41, 5.74) is -2.07. The molecule has 0 heterocycles. The van der Waals surface area contributed by atoms with Crippen LogP contribution in [0.15, 0.2) is 0 Å². The molecule has 0 saturated heterocycles. The van der Waals surface area contributed by atoms with Gasteiger partial charge in [-0.25, -0.2) is 14.3 Å². The molecule has 0 spiro atoms. The summed E-state index contributed by atoms with van der Waals surface area (Å²) in [5.74, 6) is -1.36. The summed E-state index contributed by atoms with van der Waals surface area (Å²) in [5, 5.41) is 7.37. The van der Waals surface area contributed by atoms with Gasteiger partial charge >= 0.3 is 22.6 Å². The van der Waals surface area contributed by atoms with Gasteiger partial charge in [0.15, 0.2) is 0 Å². The van der Waals surface area contributed by atoms with Crippen molar-refractivity contribution in [3.05, 3.63) is 0 Å². The first-order valence-electron chi connectivity index (χ1n) is 6.09. The minimum absolute atomic E-state index is 0.0619. The van der Waals surface area contributed by atoms with E-state index >= 15 is 0 Å². The molecule has 0 aromatic heterocycles. The molecule has 11 heteroatoms. The van der Waals surface area contributed by atoms with Gasteiger partial charge in [0.05, 0.1) is 0 Å². The Hall–Kier alpha value is -1.91. The van der Waals surface area contributed by atoms with Crippen LogP contribution in [0.25, 0.3) is 0 Å². The Morgan fingerprint density at radius 2 is 1.32 bits per heavy atom. The molecule has 0 saturated carbocycles. The minimum atomic E-state index is -5.35. The van der Waals surface area contributed by atoms with E-state index in [2.05, 4.69) is 0 Å². The molecule has 0 fully saturated rings. The SMILES string of the molecule is CC(C)(C)OC(=O)N(C(=N)NS(=O)(=O)F)C(=O)OC(C)(C)C. The minimum Gasteiger partial charge on any atom is -0.443 e. The molecule has 0 atom stereocenters. The summed E-state index contributed by atoms with van der Waals surface area (Å²) >= 11 is 0. The molecule has 0 radical (unpaired) electrons. The van der Waals surface area contributed by atoms with Crippen LogP contribution in [-0.4, -0.2) is 42.7 Å². The Morgan fingerprint density at radius 1 is 1.00 bits per heavy atom. The fraction of sp³-hybridized carbons (Fsp3) is 0.727. The summed E-state index contributed by atoms with van der Waals surface area (Å²) in [4.78, 5) is 23.8. The van der Waals surface area contributed by atoms with Crippen molar-refractivity contribution in [2.24, 2.45) is 0 Å². The van der Waals surface area contributed by atoms with Gasteiger partial charge in [0.2, 0.25) is 5.96 Å². The largest absolute Gasteiger partial charge is 0.443 e. The van der Waals surface area contributed by atoms with Gasteiger partial charge in [-0.1, -0.05) is 3.89 Å². The fourth-order valence-corrected chi connectivity index (χ4v) is 1.36. The zero-order valence-electron chi connectivity index (χ0n) is 13.2. The number of rotatable bonds is 1. The quantitative estimate of drug-likeness (QED) is 0.426. The van der Waals surface area contributed by atoms with E-state index in [-0.39, 0.29) is 4.90 Å². The maximum atomic E-state index is 12.6. The molecule has 0 rings (SSSR count). The van der Waals surface area contributed by atoms with E-state index in [0.29, 0.717) is 0 Å². The van der Waals surface area contributed by atoms with Gasteiger partial charge in [0, 0.05) is 0 Å². The van der Waals surface area contributed by atoms with E-state index in [4.69, 9.17) is 14.9 Å². The molecule has 9 nitrogen and oxygen atoms in total. The predicted octanol–water partition coefficient (Wildman–Crippen LogP) is 1.90. The second kappa shape index (κ2) is 6.46. The van der Waals surface area contributed by atoms with Crippen LogP contribution < -0.4 is 4.72 Å². The Morgan fingerprint density at radius 3 is 1.55 bits per heavy atom. The lowest BCUT2D eigenvalue weighted by Crippen LogP contribution is -2.51. The lowest BCUT2D eigenvalue weighted by atomic mass is 10.2. The normalized spacial score (nSPS) is 12.3. The van der Waals surface area contributed by atoms with Crippen LogP contribution in [0.4, 0.5) is 13.5 Å². The zero-order chi connectivity index (χ0) is 17.9. The zero-order valence-corrected chi connectivity index (χ0v) is 14.0. The van der Waals surface area contributed by atoms with Gasteiger partial charge in [-0.2, -0.15) is 8.42 Å². The third-order valence-corrected chi connectivity index (χ3v) is 2.03. The number of nitrogens with one attached hydrogen (secondary N) is 2. The van der Waals surface area contributed by atoms with Crippen molar-refractivity contribution in [1.29, 1.82) is 5.41 Å². The summed E-state index contributed by atoms with van der Waals surface area (Å²) in [6, 6.07) is 0. The predicted molar refractivity (Wildman–Crippen MR) is 75.2 cm³/mol. The number of carbonyl (C=O) groups is 2. The van der Waals surface area contributed by atoms with Crippen molar-refractivity contribution in [2.45, 2.75) is 52.7 Å². The van der Waals surface area contributed by atoms with E-state index < -0.39 is 39.8 Å². The first-order chi connectivity index (χ1) is 9.52. The first-order valence-corrected chi connectivity index (χ1v) is 7.47. The number of nitrogens with zero attached hydrogens (tertiary/aromatic N) is 1. The van der Waals surface area contributed by atoms with Gasteiger partial charge < -0.3 is 9.47 Å². The molecule has 0 aliphatic heterocycles. The molecule has 2 N–H and O–H groups in total. The van der Waals surface area contributed by atoms with Crippen LogP contribution in [0.3, 0.4) is 0 Å². The average molecular weight is 341 g/mol. The van der Waals surface area contributed by atoms with Crippen molar-refractivity contribution < 1.29 is 31.4 Å². The van der Waals surface area contributed by atoms with Crippen LogP contribution in [-0.2, 0) is 19.9 Å². The summed E-state index contributed by atoms with van der Waals surface area (Å²) in [6.45, 7) is 8.92. The molecule has 0 aromatic rings. The average Bonchev–Trinajstić information content (AvgIpc) is 2.06.